The van der Waals surface area contributed by atoms with Crippen LogP contribution in [0.15, 0.2) is 97.3 Å². The van der Waals surface area contributed by atoms with Gasteiger partial charge in [-0.1, -0.05) is 59.6 Å². The van der Waals surface area contributed by atoms with E-state index in [1.54, 1.807) is 40.9 Å². The van der Waals surface area contributed by atoms with Crippen molar-refractivity contribution in [3.63, 3.8) is 0 Å². The molecule has 0 atom stereocenters. The predicted octanol–water partition coefficient (Wildman–Crippen LogP) is 11.0. The molecule has 0 amide bonds. The first-order chi connectivity index (χ1) is 30.5. The van der Waals surface area contributed by atoms with Crippen LogP contribution in [0, 0.1) is 0 Å². The Morgan fingerprint density at radius 2 is 0.985 bits per heavy atom. The number of nitrogens with one attached hydrogen (secondary N) is 5. The van der Waals surface area contributed by atoms with Gasteiger partial charge >= 0.3 is 0 Å². The highest BCUT2D eigenvalue weighted by atomic mass is 35.5. The number of rotatable bonds is 16. The molecule has 5 N–H and O–H groups in total. The van der Waals surface area contributed by atoms with Crippen molar-refractivity contribution in [2.75, 3.05) is 83.3 Å². The molecule has 0 radical (unpaired) electrons. The Morgan fingerprint density at radius 1 is 0.585 bits per heavy atom. The first-order valence-electron chi connectivity index (χ1n) is 20.6. The maximum absolute atomic E-state index is 12.7. The van der Waals surface area contributed by atoms with Crippen molar-refractivity contribution in [3.05, 3.63) is 118 Å². The van der Waals surface area contributed by atoms with Crippen LogP contribution in [0.5, 0.6) is 11.5 Å². The van der Waals surface area contributed by atoms with E-state index < -0.39 is 14.3 Å². The molecule has 4 aromatic carbocycles. The van der Waals surface area contributed by atoms with Gasteiger partial charge in [-0.2, -0.15) is 9.97 Å². The lowest BCUT2D eigenvalue weighted by atomic mass is 9.92. The quantitative estimate of drug-likeness (QED) is 0.0581. The third-order valence-corrected chi connectivity index (χ3v) is 14.7. The van der Waals surface area contributed by atoms with Crippen LogP contribution >= 0.6 is 37.5 Å². The molecule has 0 unspecified atom stereocenters. The Labute approximate surface area is 393 Å². The molecule has 18 heteroatoms. The number of nitrogens with zero attached hydrogens (tertiary/aromatic N) is 5. The molecular weight excluding hydrogens is 901 g/mol. The summed E-state index contributed by atoms with van der Waals surface area (Å²) in [5.74, 6) is 2.88. The summed E-state index contributed by atoms with van der Waals surface area (Å²) in [6.45, 7) is 15.4. The van der Waals surface area contributed by atoms with E-state index in [4.69, 9.17) is 32.7 Å². The topological polar surface area (TPSA) is 168 Å². The number of anilines is 8. The normalized spacial score (nSPS) is 11.9. The summed E-state index contributed by atoms with van der Waals surface area (Å²) in [7, 11) is 4.27. The fraction of sp³-hybridized carbons (Fsp3) is 0.319. The van der Waals surface area contributed by atoms with Gasteiger partial charge < -0.3 is 50.1 Å². The van der Waals surface area contributed by atoms with E-state index in [9.17, 15) is 9.13 Å². The van der Waals surface area contributed by atoms with Crippen LogP contribution in [0.3, 0.4) is 0 Å². The van der Waals surface area contributed by atoms with E-state index in [1.807, 2.05) is 100 Å². The van der Waals surface area contributed by atoms with E-state index in [0.29, 0.717) is 56.5 Å². The van der Waals surface area contributed by atoms with Crippen molar-refractivity contribution < 1.29 is 18.6 Å². The highest BCUT2D eigenvalue weighted by Crippen LogP contribution is 2.41. The standard InChI is InChI=1S/C24H31ClN5O2P.C23H29ClN5O2P/c1-24(2,30(3)4)16-12-13-18(20(14-16)32-5)28-23-26-15-17(25)22(29-23)27-19-10-8-9-11-21(19)33(6,7)31;1-23(2,25-3)15-11-12-17(19(13-15)31-4)28-22-26-14-16(24)21(29-22)27-18-9-7-8-10-20(18)32(5,6)30/h8-15H,1-7H3,(H2,26,27,28,29);7-14,25H,1-6H3,(H2,26,27,28,29). The number of para-hydroxylation sites is 2. The average molecular weight is 962 g/mol. The average Bonchev–Trinajstić information content (AvgIpc) is 3.26. The third kappa shape index (κ3) is 12.8. The second kappa shape index (κ2) is 21.0. The SMILES string of the molecule is CNC(C)(C)c1ccc(Nc2ncc(Cl)c(Nc3ccccc3P(C)(C)=O)n2)c(OC)c1.COc1cc(C(C)(C)N(C)C)ccc1Nc1ncc(Cl)c(Nc2ccccc2P(C)(C)=O)n1. The van der Waals surface area contributed by atoms with Gasteiger partial charge in [-0.05, 0) is 135 Å². The summed E-state index contributed by atoms with van der Waals surface area (Å²) in [5.41, 5.74) is 4.70. The molecule has 0 saturated carbocycles. The van der Waals surface area contributed by atoms with Crippen molar-refractivity contribution in [2.24, 2.45) is 0 Å². The number of aromatic nitrogens is 4. The Hall–Kier alpha value is -5.20. The van der Waals surface area contributed by atoms with Crippen molar-refractivity contribution in [1.82, 2.24) is 30.2 Å². The second-order valence-corrected chi connectivity index (χ2v) is 24.4. The lowest BCUT2D eigenvalue weighted by Crippen LogP contribution is -2.35. The molecule has 0 aliphatic heterocycles. The summed E-state index contributed by atoms with van der Waals surface area (Å²) >= 11 is 12.7. The van der Waals surface area contributed by atoms with Gasteiger partial charge in [0.05, 0.1) is 49.4 Å². The molecule has 0 spiro atoms. The first-order valence-corrected chi connectivity index (χ1v) is 26.6. The van der Waals surface area contributed by atoms with Crippen molar-refractivity contribution in [2.45, 2.75) is 38.8 Å². The molecule has 0 aliphatic rings. The van der Waals surface area contributed by atoms with Crippen LogP contribution in [0.4, 0.5) is 46.3 Å². The molecule has 0 aliphatic carbocycles. The Kier molecular flexibility index (Phi) is 16.4. The number of halogens is 2. The van der Waals surface area contributed by atoms with Gasteiger partial charge in [0.25, 0.3) is 0 Å². The maximum Gasteiger partial charge on any atom is 0.229 e. The van der Waals surface area contributed by atoms with Crippen LogP contribution < -0.4 is 46.7 Å². The molecule has 346 valence electrons. The van der Waals surface area contributed by atoms with Gasteiger partial charge in [0.1, 0.15) is 35.8 Å². The second-order valence-electron chi connectivity index (χ2n) is 17.2. The fourth-order valence-electron chi connectivity index (χ4n) is 6.38. The predicted molar refractivity (Wildman–Crippen MR) is 273 cm³/mol. The number of methoxy groups -OCH3 is 2. The summed E-state index contributed by atoms with van der Waals surface area (Å²) in [5, 5.41) is 18.3. The third-order valence-electron chi connectivity index (χ3n) is 11.0. The van der Waals surface area contributed by atoms with Gasteiger partial charge in [-0.3, -0.25) is 0 Å². The monoisotopic (exact) mass is 960 g/mol. The molecule has 14 nitrogen and oxygen atoms in total. The minimum atomic E-state index is -2.50. The molecular formula is C47H60Cl2N10O4P2. The molecule has 65 heavy (non-hydrogen) atoms. The molecule has 6 rings (SSSR count). The molecule has 0 fully saturated rings. The number of hydrogen-bond donors (Lipinski definition) is 5. The van der Waals surface area contributed by atoms with E-state index in [2.05, 4.69) is 85.2 Å². The van der Waals surface area contributed by atoms with Gasteiger partial charge in [-0.25, -0.2) is 9.97 Å². The summed E-state index contributed by atoms with van der Waals surface area (Å²) in [6.07, 6.45) is 3.04. The minimum absolute atomic E-state index is 0.162. The zero-order valence-corrected chi connectivity index (χ0v) is 42.6. The Balaban J connectivity index is 0.000000244. The molecule has 2 aromatic heterocycles. The minimum Gasteiger partial charge on any atom is -0.495 e. The van der Waals surface area contributed by atoms with Gasteiger partial charge in [0.2, 0.25) is 11.9 Å². The van der Waals surface area contributed by atoms with Crippen LogP contribution in [0.1, 0.15) is 38.8 Å². The van der Waals surface area contributed by atoms with E-state index in [1.165, 1.54) is 12.4 Å². The van der Waals surface area contributed by atoms with Crippen LogP contribution in [0.2, 0.25) is 10.0 Å². The van der Waals surface area contributed by atoms with Crippen molar-refractivity contribution in [1.29, 1.82) is 0 Å². The Morgan fingerprint density at radius 3 is 1.37 bits per heavy atom. The summed E-state index contributed by atoms with van der Waals surface area (Å²) in [4.78, 5) is 19.8. The maximum atomic E-state index is 12.7. The number of benzene rings is 4. The summed E-state index contributed by atoms with van der Waals surface area (Å²) in [6, 6.07) is 26.8. The molecule has 6 aromatic rings. The van der Waals surface area contributed by atoms with Crippen LogP contribution in [-0.4, -0.2) is 86.9 Å². The Bertz CT molecular complexity index is 2730. The van der Waals surface area contributed by atoms with E-state index in [-0.39, 0.29) is 11.1 Å². The lowest BCUT2D eigenvalue weighted by molar-refractivity contribution is 0.197. The fourth-order valence-corrected chi connectivity index (χ4v) is 8.97. The van der Waals surface area contributed by atoms with E-state index in [0.717, 1.165) is 33.1 Å². The smallest absolute Gasteiger partial charge is 0.229 e. The molecule has 0 bridgehead atoms. The number of ether oxygens (including phenoxy) is 2. The van der Waals surface area contributed by atoms with Gasteiger partial charge in [-0.15, -0.1) is 0 Å². The highest BCUT2D eigenvalue weighted by Gasteiger charge is 2.25. The lowest BCUT2D eigenvalue weighted by Gasteiger charge is -2.33. The first kappa shape index (κ1) is 50.8. The van der Waals surface area contributed by atoms with Crippen LogP contribution in [0.25, 0.3) is 0 Å². The summed E-state index contributed by atoms with van der Waals surface area (Å²) < 4.78 is 36.6. The zero-order chi connectivity index (χ0) is 47.9. The van der Waals surface area contributed by atoms with Gasteiger partial charge in [0.15, 0.2) is 11.6 Å². The molecule has 2 heterocycles. The van der Waals surface area contributed by atoms with Crippen molar-refractivity contribution in [3.8, 4) is 11.5 Å². The van der Waals surface area contributed by atoms with Crippen LogP contribution in [-0.2, 0) is 20.2 Å². The molecule has 0 saturated heterocycles. The highest BCUT2D eigenvalue weighted by molar-refractivity contribution is 7.70. The largest absolute Gasteiger partial charge is 0.495 e. The zero-order valence-electron chi connectivity index (χ0n) is 39.3. The number of hydrogen-bond acceptors (Lipinski definition) is 14. The van der Waals surface area contributed by atoms with E-state index >= 15 is 0 Å². The van der Waals surface area contributed by atoms with Crippen molar-refractivity contribution >= 4 is 94.4 Å². The van der Waals surface area contributed by atoms with Gasteiger partial charge in [0, 0.05) is 21.7 Å².